The van der Waals surface area contributed by atoms with Gasteiger partial charge < -0.3 is 16.2 Å². The minimum atomic E-state index is -0.620. The highest BCUT2D eigenvalue weighted by Crippen LogP contribution is 2.28. The van der Waals surface area contributed by atoms with Crippen LogP contribution in [0.15, 0.2) is 12.1 Å². The van der Waals surface area contributed by atoms with Crippen molar-refractivity contribution in [1.29, 1.82) is 0 Å². The number of carbonyl (C=O) groups is 1. The molecule has 0 saturated carbocycles. The molecule has 0 unspecified atom stereocenters. The van der Waals surface area contributed by atoms with E-state index in [-0.39, 0.29) is 17.2 Å². The van der Waals surface area contributed by atoms with E-state index in [0.29, 0.717) is 11.4 Å². The largest absolute Gasteiger partial charge is 0.480 e. The molecule has 0 aromatic heterocycles. The lowest BCUT2D eigenvalue weighted by Gasteiger charge is -2.09. The second-order valence-corrected chi connectivity index (χ2v) is 3.64. The number of amides is 1. The summed E-state index contributed by atoms with van der Waals surface area (Å²) in [5.74, 6) is 5.31. The number of rotatable bonds is 3. The van der Waals surface area contributed by atoms with Gasteiger partial charge in [-0.3, -0.25) is 4.79 Å². The quantitative estimate of drug-likeness (QED) is 0.636. The van der Waals surface area contributed by atoms with Crippen molar-refractivity contribution < 1.29 is 9.53 Å². The molecule has 4 N–H and O–H groups in total. The second kappa shape index (κ2) is 6.02. The van der Waals surface area contributed by atoms with Crippen LogP contribution in [0.25, 0.3) is 0 Å². The van der Waals surface area contributed by atoms with Gasteiger partial charge in [0.05, 0.1) is 16.3 Å². The molecule has 0 aliphatic carbocycles. The first-order valence-corrected chi connectivity index (χ1v) is 5.41. The normalized spacial score (nSPS) is 9.29. The molecule has 1 rings (SSSR count). The van der Waals surface area contributed by atoms with Gasteiger partial charge in [-0.2, -0.15) is 0 Å². The molecule has 0 atom stereocenters. The molecule has 0 fully saturated rings. The topological polar surface area (TPSA) is 78.3 Å². The van der Waals surface area contributed by atoms with Crippen LogP contribution in [0.3, 0.4) is 0 Å². The van der Waals surface area contributed by atoms with Gasteiger partial charge >= 0.3 is 0 Å². The zero-order valence-electron chi connectivity index (χ0n) is 9.42. The first-order valence-electron chi connectivity index (χ1n) is 5.03. The van der Waals surface area contributed by atoms with E-state index < -0.39 is 5.91 Å². The SMILES string of the molecule is CCC#CCOc1cc(N)c(Cl)cc1C(N)=O. The average Bonchev–Trinajstić information content (AvgIpc) is 2.28. The van der Waals surface area contributed by atoms with Gasteiger partial charge in [0.1, 0.15) is 12.4 Å². The molecule has 0 aliphatic heterocycles. The van der Waals surface area contributed by atoms with E-state index in [1.54, 1.807) is 0 Å². The van der Waals surface area contributed by atoms with Crippen LogP contribution in [0, 0.1) is 11.8 Å². The maximum absolute atomic E-state index is 11.2. The summed E-state index contributed by atoms with van der Waals surface area (Å²) in [6, 6.07) is 2.86. The molecule has 5 heteroatoms. The predicted octanol–water partition coefficient (Wildman–Crippen LogP) is 1.81. The Kier molecular flexibility index (Phi) is 4.68. The van der Waals surface area contributed by atoms with E-state index in [9.17, 15) is 4.79 Å². The van der Waals surface area contributed by atoms with Gasteiger partial charge in [0.15, 0.2) is 0 Å². The van der Waals surface area contributed by atoms with E-state index >= 15 is 0 Å². The van der Waals surface area contributed by atoms with Crippen LogP contribution in [-0.4, -0.2) is 12.5 Å². The Labute approximate surface area is 105 Å². The Bertz CT molecular complexity index is 489. The van der Waals surface area contributed by atoms with E-state index in [4.69, 9.17) is 27.8 Å². The molecule has 1 aromatic carbocycles. The summed E-state index contributed by atoms with van der Waals surface area (Å²) in [6.45, 7) is 2.11. The average molecular weight is 253 g/mol. The van der Waals surface area contributed by atoms with E-state index in [0.717, 1.165) is 6.42 Å². The van der Waals surface area contributed by atoms with E-state index in [1.165, 1.54) is 12.1 Å². The molecule has 0 bridgehead atoms. The molecule has 0 aliphatic rings. The van der Waals surface area contributed by atoms with Crippen molar-refractivity contribution in [2.45, 2.75) is 13.3 Å². The number of benzene rings is 1. The van der Waals surface area contributed by atoms with Gasteiger partial charge in [-0.15, -0.1) is 5.92 Å². The maximum atomic E-state index is 11.2. The summed E-state index contributed by atoms with van der Waals surface area (Å²) >= 11 is 5.80. The minimum Gasteiger partial charge on any atom is -0.480 e. The standard InChI is InChI=1S/C12H13ClN2O2/c1-2-3-4-5-17-11-7-10(14)9(13)6-8(11)12(15)16/h6-7H,2,5,14H2,1H3,(H2,15,16). The number of anilines is 1. The Balaban J connectivity index is 2.96. The number of primary amides is 1. The number of nitrogens with two attached hydrogens (primary N) is 2. The van der Waals surface area contributed by atoms with E-state index in [1.807, 2.05) is 6.92 Å². The van der Waals surface area contributed by atoms with Crippen LogP contribution >= 0.6 is 11.6 Å². The molecule has 0 heterocycles. The third-order valence-corrected chi connectivity index (χ3v) is 2.29. The van der Waals surface area contributed by atoms with Gasteiger partial charge in [-0.1, -0.05) is 24.4 Å². The molecule has 1 amide bonds. The lowest BCUT2D eigenvalue weighted by Crippen LogP contribution is -2.13. The van der Waals surface area contributed by atoms with Crippen LogP contribution in [0.1, 0.15) is 23.7 Å². The first-order chi connectivity index (χ1) is 8.06. The molecular weight excluding hydrogens is 240 g/mol. The molecule has 0 radical (unpaired) electrons. The van der Waals surface area contributed by atoms with Gasteiger partial charge in [-0.05, 0) is 6.07 Å². The van der Waals surface area contributed by atoms with Crippen molar-refractivity contribution in [2.24, 2.45) is 5.73 Å². The second-order valence-electron chi connectivity index (χ2n) is 3.23. The summed E-state index contributed by atoms with van der Waals surface area (Å²) in [5.41, 5.74) is 11.4. The number of hydrogen-bond acceptors (Lipinski definition) is 3. The van der Waals surface area contributed by atoms with Crippen molar-refractivity contribution in [3.05, 3.63) is 22.7 Å². The number of carbonyl (C=O) groups excluding carboxylic acids is 1. The predicted molar refractivity (Wildman–Crippen MR) is 67.9 cm³/mol. The van der Waals surface area contributed by atoms with Gasteiger partial charge in [-0.25, -0.2) is 0 Å². The van der Waals surface area contributed by atoms with Crippen molar-refractivity contribution >= 4 is 23.2 Å². The molecule has 90 valence electrons. The fourth-order valence-electron chi connectivity index (χ4n) is 1.17. The minimum absolute atomic E-state index is 0.176. The van der Waals surface area contributed by atoms with E-state index in [2.05, 4.69) is 11.8 Å². The van der Waals surface area contributed by atoms with Crippen molar-refractivity contribution in [2.75, 3.05) is 12.3 Å². The number of hydrogen-bond donors (Lipinski definition) is 2. The third-order valence-electron chi connectivity index (χ3n) is 1.97. The Morgan fingerprint density at radius 3 is 2.76 bits per heavy atom. The lowest BCUT2D eigenvalue weighted by molar-refractivity contribution is 0.0997. The van der Waals surface area contributed by atoms with Gasteiger partial charge in [0, 0.05) is 12.5 Å². The number of nitrogen functional groups attached to an aromatic ring is 1. The third kappa shape index (κ3) is 3.58. The summed E-state index contributed by atoms with van der Waals surface area (Å²) in [7, 11) is 0. The molecule has 17 heavy (non-hydrogen) atoms. The van der Waals surface area contributed by atoms with Crippen molar-refractivity contribution in [1.82, 2.24) is 0 Å². The van der Waals surface area contributed by atoms with Crippen LogP contribution in [0.4, 0.5) is 5.69 Å². The lowest BCUT2D eigenvalue weighted by atomic mass is 10.1. The molecule has 1 aromatic rings. The van der Waals surface area contributed by atoms with Crippen molar-refractivity contribution in [3.8, 4) is 17.6 Å². The van der Waals surface area contributed by atoms with Crippen LogP contribution < -0.4 is 16.2 Å². The van der Waals surface area contributed by atoms with Crippen molar-refractivity contribution in [3.63, 3.8) is 0 Å². The fourth-order valence-corrected chi connectivity index (χ4v) is 1.33. The summed E-state index contributed by atoms with van der Waals surface area (Å²) in [6.07, 6.45) is 0.745. The highest BCUT2D eigenvalue weighted by molar-refractivity contribution is 6.33. The molecule has 0 saturated heterocycles. The maximum Gasteiger partial charge on any atom is 0.252 e. The number of ether oxygens (including phenoxy) is 1. The fraction of sp³-hybridized carbons (Fsp3) is 0.250. The smallest absolute Gasteiger partial charge is 0.252 e. The highest BCUT2D eigenvalue weighted by atomic mass is 35.5. The number of halogens is 1. The summed E-state index contributed by atoms with van der Waals surface area (Å²) in [4.78, 5) is 11.2. The zero-order chi connectivity index (χ0) is 12.8. The summed E-state index contributed by atoms with van der Waals surface area (Å²) in [5, 5.41) is 0.269. The molecule has 0 spiro atoms. The summed E-state index contributed by atoms with van der Waals surface area (Å²) < 4.78 is 5.32. The Hall–Kier alpha value is -1.86. The monoisotopic (exact) mass is 252 g/mol. The molecular formula is C12H13ClN2O2. The first kappa shape index (κ1) is 13.2. The van der Waals surface area contributed by atoms with Gasteiger partial charge in [0.25, 0.3) is 5.91 Å². The highest BCUT2D eigenvalue weighted by Gasteiger charge is 2.12. The van der Waals surface area contributed by atoms with Crippen LogP contribution in [-0.2, 0) is 0 Å². The van der Waals surface area contributed by atoms with Crippen LogP contribution in [0.5, 0.6) is 5.75 Å². The Morgan fingerprint density at radius 2 is 2.18 bits per heavy atom. The Morgan fingerprint density at radius 1 is 1.47 bits per heavy atom. The van der Waals surface area contributed by atoms with Gasteiger partial charge in [0.2, 0.25) is 0 Å². The molecule has 4 nitrogen and oxygen atoms in total. The zero-order valence-corrected chi connectivity index (χ0v) is 10.2. The van der Waals surface area contributed by atoms with Crippen LogP contribution in [0.2, 0.25) is 5.02 Å².